The van der Waals surface area contributed by atoms with Crippen LogP contribution in [0.1, 0.15) is 38.6 Å². The van der Waals surface area contributed by atoms with E-state index < -0.39 is 0 Å². The largest absolute Gasteiger partial charge is 0.376 e. The summed E-state index contributed by atoms with van der Waals surface area (Å²) in [6.07, 6.45) is 2.44. The van der Waals surface area contributed by atoms with Crippen LogP contribution < -0.4 is 4.90 Å². The molecule has 4 rings (SSSR count). The number of benzene rings is 1. The highest BCUT2D eigenvalue weighted by Gasteiger charge is 2.32. The van der Waals surface area contributed by atoms with E-state index in [1.807, 2.05) is 22.9 Å². The van der Waals surface area contributed by atoms with Crippen molar-refractivity contribution in [2.75, 3.05) is 37.7 Å². The maximum absolute atomic E-state index is 6.17. The Morgan fingerprint density at radius 3 is 2.71 bits per heavy atom. The normalized spacial score (nSPS) is 22.1. The van der Waals surface area contributed by atoms with Gasteiger partial charge in [0, 0.05) is 43.5 Å². The van der Waals surface area contributed by atoms with Crippen LogP contribution in [-0.4, -0.2) is 64.0 Å². The number of hydrogen-bond donors (Lipinski definition) is 0. The summed E-state index contributed by atoms with van der Waals surface area (Å²) in [4.78, 5) is 4.92. The van der Waals surface area contributed by atoms with Crippen LogP contribution in [0.3, 0.4) is 0 Å². The average molecular weight is 405 g/mol. The van der Waals surface area contributed by atoms with E-state index in [1.165, 1.54) is 5.69 Å². The van der Waals surface area contributed by atoms with Gasteiger partial charge >= 0.3 is 0 Å². The number of tetrazole rings is 1. The molecule has 1 aromatic carbocycles. The first-order chi connectivity index (χ1) is 13.6. The van der Waals surface area contributed by atoms with Gasteiger partial charge in [-0.25, -0.2) is 4.68 Å². The van der Waals surface area contributed by atoms with Gasteiger partial charge in [-0.2, -0.15) is 0 Å². The standard InChI is InChI=1S/C20H29ClN6O/c1-15(2)19(20-22-23-24-27(20)14-18-7-4-12-28-18)26-10-8-25(9-11-26)17-6-3-5-16(21)13-17/h3,5-6,13,15,18-19H,4,7-12,14H2,1-2H3/t18-,19+/m0/s1. The van der Waals surface area contributed by atoms with E-state index in [0.717, 1.165) is 63.0 Å². The summed E-state index contributed by atoms with van der Waals surface area (Å²) in [5.74, 6) is 1.38. The lowest BCUT2D eigenvalue weighted by Gasteiger charge is -2.41. The number of nitrogens with zero attached hydrogens (tertiary/aromatic N) is 6. The quantitative estimate of drug-likeness (QED) is 0.737. The van der Waals surface area contributed by atoms with Crippen molar-refractivity contribution in [2.45, 2.75) is 45.4 Å². The van der Waals surface area contributed by atoms with Crippen molar-refractivity contribution in [1.29, 1.82) is 0 Å². The highest BCUT2D eigenvalue weighted by Crippen LogP contribution is 2.30. The Kier molecular flexibility index (Phi) is 6.13. The molecule has 2 aromatic rings. The van der Waals surface area contributed by atoms with Crippen LogP contribution in [0, 0.1) is 5.92 Å². The van der Waals surface area contributed by atoms with Crippen LogP contribution in [0.5, 0.6) is 0 Å². The van der Waals surface area contributed by atoms with Crippen LogP contribution >= 0.6 is 11.6 Å². The van der Waals surface area contributed by atoms with E-state index in [1.54, 1.807) is 0 Å². The molecule has 0 amide bonds. The third-order valence-electron chi connectivity index (χ3n) is 5.74. The van der Waals surface area contributed by atoms with Gasteiger partial charge in [-0.15, -0.1) is 5.10 Å². The summed E-state index contributed by atoms with van der Waals surface area (Å²) in [6.45, 7) is 9.98. The van der Waals surface area contributed by atoms with Crippen LogP contribution in [0.25, 0.3) is 0 Å². The number of rotatable bonds is 6. The smallest absolute Gasteiger partial charge is 0.168 e. The maximum Gasteiger partial charge on any atom is 0.168 e. The molecule has 2 aliphatic heterocycles. The molecular weight excluding hydrogens is 376 g/mol. The second-order valence-electron chi connectivity index (χ2n) is 8.05. The molecule has 8 heteroatoms. The van der Waals surface area contributed by atoms with E-state index >= 15 is 0 Å². The van der Waals surface area contributed by atoms with Gasteiger partial charge in [0.2, 0.25) is 0 Å². The summed E-state index contributed by atoms with van der Waals surface area (Å²) < 4.78 is 7.75. The van der Waals surface area contributed by atoms with Crippen molar-refractivity contribution < 1.29 is 4.74 Å². The predicted molar refractivity (Wildman–Crippen MR) is 110 cm³/mol. The molecule has 2 atom stereocenters. The third kappa shape index (κ3) is 4.31. The van der Waals surface area contributed by atoms with E-state index in [-0.39, 0.29) is 12.1 Å². The topological polar surface area (TPSA) is 59.3 Å². The first-order valence-corrected chi connectivity index (χ1v) is 10.6. The molecule has 0 saturated carbocycles. The molecule has 28 heavy (non-hydrogen) atoms. The van der Waals surface area contributed by atoms with Crippen molar-refractivity contribution in [3.05, 3.63) is 35.1 Å². The van der Waals surface area contributed by atoms with E-state index in [4.69, 9.17) is 16.3 Å². The summed E-state index contributed by atoms with van der Waals surface area (Å²) in [7, 11) is 0. The van der Waals surface area contributed by atoms with E-state index in [2.05, 4.69) is 45.2 Å². The Morgan fingerprint density at radius 2 is 2.04 bits per heavy atom. The van der Waals surface area contributed by atoms with Crippen LogP contribution in [-0.2, 0) is 11.3 Å². The Bertz CT molecular complexity index is 768. The van der Waals surface area contributed by atoms with E-state index in [9.17, 15) is 0 Å². The Balaban J connectivity index is 1.45. The minimum absolute atomic E-state index is 0.206. The molecule has 152 valence electrons. The van der Waals surface area contributed by atoms with Crippen LogP contribution in [0.4, 0.5) is 5.69 Å². The fraction of sp³-hybridized carbons (Fsp3) is 0.650. The fourth-order valence-corrected chi connectivity index (χ4v) is 4.53. The summed E-state index contributed by atoms with van der Waals surface area (Å²) in [5, 5.41) is 13.5. The second-order valence-corrected chi connectivity index (χ2v) is 8.48. The van der Waals surface area contributed by atoms with E-state index in [0.29, 0.717) is 5.92 Å². The number of piperazine rings is 1. The second kappa shape index (κ2) is 8.76. The predicted octanol–water partition coefficient (Wildman–Crippen LogP) is 3.02. The molecule has 0 unspecified atom stereocenters. The van der Waals surface area contributed by atoms with Crippen molar-refractivity contribution in [2.24, 2.45) is 5.92 Å². The molecule has 2 saturated heterocycles. The number of halogens is 1. The zero-order chi connectivity index (χ0) is 19.5. The molecule has 0 aliphatic carbocycles. The van der Waals surface area contributed by atoms with Gasteiger partial charge in [0.05, 0.1) is 18.7 Å². The Morgan fingerprint density at radius 1 is 1.21 bits per heavy atom. The first-order valence-electron chi connectivity index (χ1n) is 10.2. The zero-order valence-electron chi connectivity index (χ0n) is 16.7. The summed E-state index contributed by atoms with van der Waals surface area (Å²) in [5.41, 5.74) is 1.19. The van der Waals surface area contributed by atoms with Crippen molar-refractivity contribution in [1.82, 2.24) is 25.1 Å². The first kappa shape index (κ1) is 19.6. The number of aromatic nitrogens is 4. The number of hydrogen-bond acceptors (Lipinski definition) is 6. The lowest BCUT2D eigenvalue weighted by Crippen LogP contribution is -2.49. The molecule has 0 radical (unpaired) electrons. The Labute approximate surface area is 171 Å². The Hall–Kier alpha value is -1.70. The highest BCUT2D eigenvalue weighted by molar-refractivity contribution is 6.30. The average Bonchev–Trinajstić information content (AvgIpc) is 3.35. The van der Waals surface area contributed by atoms with Crippen LogP contribution in [0.15, 0.2) is 24.3 Å². The molecule has 2 aliphatic rings. The SMILES string of the molecule is CC(C)[C@H](c1nnnn1C[C@@H]1CCCO1)N1CCN(c2cccc(Cl)c2)CC1. The molecule has 1 aromatic heterocycles. The maximum atomic E-state index is 6.17. The van der Waals surface area contributed by atoms with Crippen molar-refractivity contribution >= 4 is 17.3 Å². The fourth-order valence-electron chi connectivity index (χ4n) is 4.35. The monoisotopic (exact) mass is 404 g/mol. The van der Waals surface area contributed by atoms with Gasteiger partial charge in [-0.05, 0) is 47.4 Å². The van der Waals surface area contributed by atoms with Crippen LogP contribution in [0.2, 0.25) is 5.02 Å². The molecule has 2 fully saturated rings. The molecule has 3 heterocycles. The number of ether oxygens (including phenoxy) is 1. The van der Waals surface area contributed by atoms with Gasteiger partial charge in [0.15, 0.2) is 5.82 Å². The van der Waals surface area contributed by atoms with Gasteiger partial charge in [0.1, 0.15) is 0 Å². The number of anilines is 1. The highest BCUT2D eigenvalue weighted by atomic mass is 35.5. The summed E-state index contributed by atoms with van der Waals surface area (Å²) in [6, 6.07) is 8.31. The molecular formula is C20H29ClN6O. The third-order valence-corrected chi connectivity index (χ3v) is 5.97. The molecule has 0 spiro atoms. The minimum atomic E-state index is 0.206. The van der Waals surface area contributed by atoms with Gasteiger partial charge < -0.3 is 9.64 Å². The van der Waals surface area contributed by atoms with Gasteiger partial charge in [-0.3, -0.25) is 4.90 Å². The minimum Gasteiger partial charge on any atom is -0.376 e. The molecule has 0 bridgehead atoms. The van der Waals surface area contributed by atoms with Gasteiger partial charge in [0.25, 0.3) is 0 Å². The summed E-state index contributed by atoms with van der Waals surface area (Å²) >= 11 is 6.17. The molecule has 0 N–H and O–H groups in total. The van der Waals surface area contributed by atoms with Crippen molar-refractivity contribution in [3.8, 4) is 0 Å². The van der Waals surface area contributed by atoms with Crippen molar-refractivity contribution in [3.63, 3.8) is 0 Å². The lowest BCUT2D eigenvalue weighted by atomic mass is 10.0. The van der Waals surface area contributed by atoms with Gasteiger partial charge in [-0.1, -0.05) is 31.5 Å². The lowest BCUT2D eigenvalue weighted by molar-refractivity contribution is 0.0865. The molecule has 7 nitrogen and oxygen atoms in total. The zero-order valence-corrected chi connectivity index (χ0v) is 17.4.